The first-order valence-corrected chi connectivity index (χ1v) is 16.2. The van der Waals surface area contributed by atoms with E-state index in [-0.39, 0.29) is 0 Å². The van der Waals surface area contributed by atoms with E-state index in [1.807, 2.05) is 0 Å². The van der Waals surface area contributed by atoms with Gasteiger partial charge in [0.1, 0.15) is 0 Å². The zero-order chi connectivity index (χ0) is 31.4. The highest BCUT2D eigenvalue weighted by Gasteiger charge is 2.21. The quantitative estimate of drug-likeness (QED) is 0.213. The molecule has 8 bridgehead atoms. The third kappa shape index (κ3) is 4.52. The molecule has 0 saturated heterocycles. The Bertz CT molecular complexity index is 2220. The van der Waals surface area contributed by atoms with Crippen molar-refractivity contribution in [1.82, 2.24) is 19.9 Å². The standard InChI is InChI=1S/C42H36N4/c1-5-29-25(3)33-21-37-31-19-13-14-20-32(31)38(45-37)22-34-26(4)30(6-2)36(44-34)24-40-42(28-17-11-8-12-18-28)41(27-15-9-7-10-16-27)39(46-40)23-35(29)43-33/h7-24,45-46H,5-6H2,1-4H3. The summed E-state index contributed by atoms with van der Waals surface area (Å²) in [5, 5.41) is 2.37. The molecule has 0 unspecified atom stereocenters. The Kier molecular flexibility index (Phi) is 6.79. The van der Waals surface area contributed by atoms with Gasteiger partial charge in [-0.25, -0.2) is 9.97 Å². The number of allylic oxidation sites excluding steroid dienone is 4. The average molecular weight is 597 g/mol. The van der Waals surface area contributed by atoms with Crippen molar-refractivity contribution in [2.45, 2.75) is 40.5 Å². The van der Waals surface area contributed by atoms with Crippen LogP contribution in [0.15, 0.2) is 109 Å². The summed E-state index contributed by atoms with van der Waals surface area (Å²) < 4.78 is 0. The molecule has 46 heavy (non-hydrogen) atoms. The van der Waals surface area contributed by atoms with Crippen LogP contribution in [0.2, 0.25) is 0 Å². The molecule has 3 aromatic heterocycles. The molecule has 8 rings (SSSR count). The molecule has 4 heteroatoms. The molecule has 5 heterocycles. The van der Waals surface area contributed by atoms with Crippen LogP contribution >= 0.6 is 0 Å². The van der Waals surface area contributed by atoms with Gasteiger partial charge < -0.3 is 9.97 Å². The Morgan fingerprint density at radius 3 is 1.24 bits per heavy atom. The molecule has 4 nitrogen and oxygen atoms in total. The molecule has 2 N–H and O–H groups in total. The molecule has 2 aliphatic rings. The van der Waals surface area contributed by atoms with Crippen molar-refractivity contribution in [2.75, 3.05) is 0 Å². The fourth-order valence-electron chi connectivity index (χ4n) is 7.24. The first kappa shape index (κ1) is 28.0. The van der Waals surface area contributed by atoms with Gasteiger partial charge in [0.25, 0.3) is 0 Å². The van der Waals surface area contributed by atoms with Crippen molar-refractivity contribution in [2.24, 2.45) is 0 Å². The molecule has 0 amide bonds. The highest BCUT2D eigenvalue weighted by atomic mass is 14.8. The fourth-order valence-corrected chi connectivity index (χ4v) is 7.24. The van der Waals surface area contributed by atoms with Gasteiger partial charge in [-0.2, -0.15) is 0 Å². The largest absolute Gasteiger partial charge is 0.354 e. The van der Waals surface area contributed by atoms with Crippen molar-refractivity contribution in [3.8, 4) is 22.3 Å². The molecule has 3 aromatic carbocycles. The molecular weight excluding hydrogens is 560 g/mol. The van der Waals surface area contributed by atoms with Crippen LogP contribution in [0, 0.1) is 0 Å². The molecular formula is C42H36N4. The first-order chi connectivity index (χ1) is 22.5. The number of nitrogens with zero attached hydrogens (tertiary/aromatic N) is 2. The number of hydrogen-bond donors (Lipinski definition) is 2. The third-order valence-electron chi connectivity index (χ3n) is 9.56. The maximum atomic E-state index is 5.29. The Morgan fingerprint density at radius 2 is 0.826 bits per heavy atom. The SMILES string of the molecule is CCC1=C(C)c2cc3[nH]c(cc4nc(cc5[nH]c(cc1n2)c(-c1ccccc1)c5-c1ccccc1)C(CC)=C4C)c1ccccc31. The minimum Gasteiger partial charge on any atom is -0.354 e. The number of aromatic amines is 2. The van der Waals surface area contributed by atoms with Gasteiger partial charge in [0.15, 0.2) is 0 Å². The Morgan fingerprint density at radius 1 is 0.457 bits per heavy atom. The highest BCUT2D eigenvalue weighted by Crippen LogP contribution is 2.42. The van der Waals surface area contributed by atoms with Crippen LogP contribution in [0.5, 0.6) is 0 Å². The Balaban J connectivity index is 1.60. The lowest BCUT2D eigenvalue weighted by atomic mass is 9.95. The molecule has 0 spiro atoms. The minimum atomic E-state index is 0.897. The van der Waals surface area contributed by atoms with Gasteiger partial charge in [-0.05, 0) is 84.4 Å². The smallest absolute Gasteiger partial charge is 0.0693 e. The molecule has 224 valence electrons. The van der Waals surface area contributed by atoms with Crippen LogP contribution in [0.3, 0.4) is 0 Å². The molecule has 0 radical (unpaired) electrons. The van der Waals surface area contributed by atoms with Gasteiger partial charge in [0.2, 0.25) is 0 Å². The molecule has 0 fully saturated rings. The normalized spacial score (nSPS) is 13.2. The van der Waals surface area contributed by atoms with Crippen LogP contribution in [-0.4, -0.2) is 19.9 Å². The average Bonchev–Trinajstić information content (AvgIpc) is 3.79. The van der Waals surface area contributed by atoms with Crippen LogP contribution in [0.4, 0.5) is 0 Å². The molecule has 0 aliphatic carbocycles. The zero-order valence-corrected chi connectivity index (χ0v) is 26.7. The maximum Gasteiger partial charge on any atom is 0.0693 e. The summed E-state index contributed by atoms with van der Waals surface area (Å²) in [6.07, 6.45) is 1.79. The second-order valence-electron chi connectivity index (χ2n) is 12.2. The van der Waals surface area contributed by atoms with Gasteiger partial charge in [-0.3, -0.25) is 0 Å². The van der Waals surface area contributed by atoms with Crippen molar-refractivity contribution < 1.29 is 0 Å². The lowest BCUT2D eigenvalue weighted by Gasteiger charge is -2.07. The second kappa shape index (κ2) is 11.1. The van der Waals surface area contributed by atoms with E-state index in [0.29, 0.717) is 0 Å². The number of aromatic nitrogens is 4. The van der Waals surface area contributed by atoms with Gasteiger partial charge in [0.05, 0.1) is 22.8 Å². The van der Waals surface area contributed by atoms with Crippen LogP contribution in [0.1, 0.15) is 63.3 Å². The van der Waals surface area contributed by atoms with E-state index in [1.54, 1.807) is 0 Å². The Hall–Kier alpha value is -5.48. The zero-order valence-electron chi connectivity index (χ0n) is 26.7. The monoisotopic (exact) mass is 596 g/mol. The molecule has 6 aromatic rings. The van der Waals surface area contributed by atoms with Crippen LogP contribution < -0.4 is 0 Å². The van der Waals surface area contributed by atoms with E-state index in [9.17, 15) is 0 Å². The van der Waals surface area contributed by atoms with Gasteiger partial charge in [-0.15, -0.1) is 0 Å². The van der Waals surface area contributed by atoms with E-state index >= 15 is 0 Å². The van der Waals surface area contributed by atoms with Crippen molar-refractivity contribution in [3.05, 3.63) is 132 Å². The summed E-state index contributed by atoms with van der Waals surface area (Å²) in [5.41, 5.74) is 17.9. The molecule has 0 saturated carbocycles. The van der Waals surface area contributed by atoms with Gasteiger partial charge in [-0.1, -0.05) is 98.8 Å². The first-order valence-electron chi connectivity index (χ1n) is 16.2. The van der Waals surface area contributed by atoms with Crippen LogP contribution in [0.25, 0.3) is 77.4 Å². The van der Waals surface area contributed by atoms with E-state index < -0.39 is 0 Å². The number of rotatable bonds is 4. The number of hydrogen-bond acceptors (Lipinski definition) is 2. The fraction of sp³-hybridized carbons (Fsp3) is 0.143. The highest BCUT2D eigenvalue weighted by molar-refractivity contribution is 6.09. The van der Waals surface area contributed by atoms with Crippen molar-refractivity contribution in [3.63, 3.8) is 0 Å². The van der Waals surface area contributed by atoms with E-state index in [0.717, 1.165) is 68.8 Å². The summed E-state index contributed by atoms with van der Waals surface area (Å²) in [4.78, 5) is 18.2. The minimum absolute atomic E-state index is 0.897. The van der Waals surface area contributed by atoms with Crippen molar-refractivity contribution in [1.29, 1.82) is 0 Å². The number of H-pyrrole nitrogens is 2. The second-order valence-corrected chi connectivity index (χ2v) is 12.2. The summed E-state index contributed by atoms with van der Waals surface area (Å²) in [6, 6.07) is 38.9. The number of fused-ring (bicyclic) bond motifs is 11. The summed E-state index contributed by atoms with van der Waals surface area (Å²) in [5.74, 6) is 0. The summed E-state index contributed by atoms with van der Waals surface area (Å²) in [7, 11) is 0. The van der Waals surface area contributed by atoms with E-state index in [2.05, 4.69) is 147 Å². The lowest BCUT2D eigenvalue weighted by molar-refractivity contribution is 1.21. The Labute approximate surface area is 269 Å². The lowest BCUT2D eigenvalue weighted by Crippen LogP contribution is -1.84. The van der Waals surface area contributed by atoms with Crippen molar-refractivity contribution >= 4 is 55.1 Å². The predicted molar refractivity (Wildman–Crippen MR) is 195 cm³/mol. The van der Waals surface area contributed by atoms with Gasteiger partial charge in [0, 0.05) is 44.0 Å². The van der Waals surface area contributed by atoms with Crippen LogP contribution in [-0.2, 0) is 0 Å². The number of nitrogens with one attached hydrogen (secondary N) is 2. The molecule has 0 atom stereocenters. The van der Waals surface area contributed by atoms with Gasteiger partial charge >= 0.3 is 0 Å². The molecule has 2 aliphatic heterocycles. The number of benzene rings is 3. The maximum absolute atomic E-state index is 5.29. The topological polar surface area (TPSA) is 57.4 Å². The van der Waals surface area contributed by atoms with E-state index in [4.69, 9.17) is 9.97 Å². The van der Waals surface area contributed by atoms with E-state index in [1.165, 1.54) is 44.2 Å². The summed E-state index contributed by atoms with van der Waals surface area (Å²) in [6.45, 7) is 8.85. The third-order valence-corrected chi connectivity index (χ3v) is 9.56. The summed E-state index contributed by atoms with van der Waals surface area (Å²) >= 11 is 0. The predicted octanol–water partition coefficient (Wildman–Crippen LogP) is 11.5.